The Hall–Kier alpha value is -1.43. The van der Waals surface area contributed by atoms with Gasteiger partial charge in [-0.1, -0.05) is 20.8 Å². The third-order valence-electron chi connectivity index (χ3n) is 3.19. The molecule has 0 radical (unpaired) electrons. The highest BCUT2D eigenvalue weighted by atomic mass is 32.1. The van der Waals surface area contributed by atoms with E-state index in [-0.39, 0.29) is 6.10 Å². The van der Waals surface area contributed by atoms with E-state index in [0.717, 1.165) is 11.4 Å². The molecule has 1 unspecified atom stereocenters. The molecule has 1 aromatic heterocycles. The van der Waals surface area contributed by atoms with Crippen LogP contribution in [0, 0.1) is 5.92 Å². The molecule has 0 saturated carbocycles. The van der Waals surface area contributed by atoms with Crippen molar-refractivity contribution < 1.29 is 14.3 Å². The lowest BCUT2D eigenvalue weighted by Crippen LogP contribution is -2.24. The van der Waals surface area contributed by atoms with E-state index >= 15 is 0 Å². The van der Waals surface area contributed by atoms with Gasteiger partial charge in [-0.25, -0.2) is 4.79 Å². The van der Waals surface area contributed by atoms with Gasteiger partial charge in [-0.2, -0.15) is 0 Å². The molecule has 6 heteroatoms. The van der Waals surface area contributed by atoms with E-state index in [4.69, 9.17) is 15.2 Å². The second kappa shape index (κ2) is 7.54. The molecule has 0 amide bonds. The minimum absolute atomic E-state index is 0.0212. The zero-order valence-corrected chi connectivity index (χ0v) is 14.5. The first-order valence-electron chi connectivity index (χ1n) is 7.25. The largest absolute Gasteiger partial charge is 0.486 e. The summed E-state index contributed by atoms with van der Waals surface area (Å²) >= 11 is 1.29. The lowest BCUT2D eigenvalue weighted by molar-refractivity contribution is 0.0607. The lowest BCUT2D eigenvalue weighted by Gasteiger charge is -2.22. The van der Waals surface area contributed by atoms with Crippen LogP contribution >= 0.6 is 11.3 Å². The van der Waals surface area contributed by atoms with Crippen LogP contribution in [0.25, 0.3) is 0 Å². The van der Waals surface area contributed by atoms with Gasteiger partial charge in [0, 0.05) is 6.04 Å². The number of nitrogen functional groups attached to an aromatic ring is 1. The van der Waals surface area contributed by atoms with Gasteiger partial charge in [-0.05, 0) is 26.2 Å². The van der Waals surface area contributed by atoms with E-state index in [9.17, 15) is 4.79 Å². The summed E-state index contributed by atoms with van der Waals surface area (Å²) in [5.74, 6) is 0.582. The van der Waals surface area contributed by atoms with Gasteiger partial charge in [0.25, 0.3) is 0 Å². The van der Waals surface area contributed by atoms with Crippen LogP contribution in [0.5, 0.6) is 5.75 Å². The Labute approximate surface area is 130 Å². The van der Waals surface area contributed by atoms with E-state index in [0.29, 0.717) is 28.3 Å². The molecule has 0 aliphatic heterocycles. The number of thiophene rings is 1. The summed E-state index contributed by atoms with van der Waals surface area (Å²) in [5.41, 5.74) is 6.42. The quantitative estimate of drug-likeness (QED) is 0.750. The van der Waals surface area contributed by atoms with Gasteiger partial charge < -0.3 is 20.5 Å². The summed E-state index contributed by atoms with van der Waals surface area (Å²) in [7, 11) is 1.35. The van der Waals surface area contributed by atoms with Gasteiger partial charge in [0.15, 0.2) is 5.75 Å². The fourth-order valence-corrected chi connectivity index (χ4v) is 3.06. The number of anilines is 2. The Bertz CT molecular complexity index is 484. The van der Waals surface area contributed by atoms with Crippen molar-refractivity contribution in [3.05, 3.63) is 4.88 Å². The topological polar surface area (TPSA) is 73.6 Å². The third-order valence-corrected chi connectivity index (χ3v) is 4.28. The van der Waals surface area contributed by atoms with E-state index in [1.807, 2.05) is 13.8 Å². The fraction of sp³-hybridized carbons (Fsp3) is 0.667. The first kappa shape index (κ1) is 17.6. The first-order chi connectivity index (χ1) is 9.81. The van der Waals surface area contributed by atoms with E-state index in [1.165, 1.54) is 18.4 Å². The zero-order valence-electron chi connectivity index (χ0n) is 13.6. The molecule has 0 aliphatic rings. The van der Waals surface area contributed by atoms with E-state index < -0.39 is 5.97 Å². The molecule has 120 valence electrons. The van der Waals surface area contributed by atoms with Crippen molar-refractivity contribution in [1.82, 2.24) is 0 Å². The molecule has 0 aromatic carbocycles. The number of carbonyl (C=O) groups excluding carboxylic acids is 1. The van der Waals surface area contributed by atoms with Crippen LogP contribution in [0.2, 0.25) is 0 Å². The molecule has 1 rings (SSSR count). The van der Waals surface area contributed by atoms with Crippen molar-refractivity contribution in [2.75, 3.05) is 18.2 Å². The number of rotatable bonds is 7. The smallest absolute Gasteiger partial charge is 0.350 e. The number of carbonyl (C=O) groups is 1. The number of nitrogens with one attached hydrogen (secondary N) is 1. The summed E-state index contributed by atoms with van der Waals surface area (Å²) in [6.45, 7) is 10.3. The summed E-state index contributed by atoms with van der Waals surface area (Å²) in [6.07, 6.45) is 0.955. The van der Waals surface area contributed by atoms with Crippen molar-refractivity contribution in [2.45, 2.75) is 53.2 Å². The third kappa shape index (κ3) is 4.27. The average molecular weight is 314 g/mol. The van der Waals surface area contributed by atoms with Crippen molar-refractivity contribution in [3.8, 4) is 5.75 Å². The summed E-state index contributed by atoms with van der Waals surface area (Å²) in [4.78, 5) is 12.2. The van der Waals surface area contributed by atoms with Gasteiger partial charge in [0.05, 0.1) is 13.2 Å². The normalized spacial score (nSPS) is 12.6. The Morgan fingerprint density at radius 1 is 1.33 bits per heavy atom. The molecule has 1 heterocycles. The Morgan fingerprint density at radius 3 is 2.38 bits per heavy atom. The number of hydrogen-bond acceptors (Lipinski definition) is 6. The minimum Gasteiger partial charge on any atom is -0.486 e. The SMILES string of the molecule is CCC(Nc1sc(C(=O)OC)c(N)c1OC(C)C)C(C)C. The van der Waals surface area contributed by atoms with Crippen LogP contribution in [0.4, 0.5) is 10.7 Å². The Balaban J connectivity index is 3.18. The first-order valence-corrected chi connectivity index (χ1v) is 8.07. The van der Waals surface area contributed by atoms with Crippen LogP contribution in [-0.2, 0) is 4.74 Å². The highest BCUT2D eigenvalue weighted by molar-refractivity contribution is 7.19. The monoisotopic (exact) mass is 314 g/mol. The number of esters is 1. The molecule has 0 aliphatic carbocycles. The van der Waals surface area contributed by atoms with Crippen molar-refractivity contribution in [2.24, 2.45) is 5.92 Å². The number of methoxy groups -OCH3 is 1. The molecule has 5 nitrogen and oxygen atoms in total. The van der Waals surface area contributed by atoms with Gasteiger partial charge in [0.2, 0.25) is 0 Å². The standard InChI is InChI=1S/C15H26N2O3S/c1-7-10(8(2)3)17-14-12(20-9(4)5)11(16)13(21-14)15(18)19-6/h8-10,17H,7,16H2,1-6H3. The lowest BCUT2D eigenvalue weighted by atomic mass is 10.0. The predicted octanol–water partition coefficient (Wildman–Crippen LogP) is 3.75. The highest BCUT2D eigenvalue weighted by Crippen LogP contribution is 2.44. The molecule has 0 bridgehead atoms. The average Bonchev–Trinajstić information content (AvgIpc) is 2.71. The molecule has 0 saturated heterocycles. The van der Waals surface area contributed by atoms with Crippen LogP contribution in [0.3, 0.4) is 0 Å². The maximum atomic E-state index is 11.8. The van der Waals surface area contributed by atoms with Crippen LogP contribution < -0.4 is 15.8 Å². The van der Waals surface area contributed by atoms with Crippen LogP contribution in [0.15, 0.2) is 0 Å². The molecule has 1 aromatic rings. The zero-order chi connectivity index (χ0) is 16.2. The van der Waals surface area contributed by atoms with Gasteiger partial charge in [0.1, 0.15) is 15.6 Å². The maximum Gasteiger partial charge on any atom is 0.350 e. The van der Waals surface area contributed by atoms with Gasteiger partial charge in [-0.3, -0.25) is 0 Å². The molecular formula is C15H26N2O3S. The number of hydrogen-bond donors (Lipinski definition) is 2. The van der Waals surface area contributed by atoms with Crippen LogP contribution in [0.1, 0.15) is 50.7 Å². The van der Waals surface area contributed by atoms with E-state index in [1.54, 1.807) is 0 Å². The molecule has 1 atom stereocenters. The second-order valence-electron chi connectivity index (χ2n) is 5.56. The molecular weight excluding hydrogens is 288 g/mol. The molecule has 3 N–H and O–H groups in total. The summed E-state index contributed by atoms with van der Waals surface area (Å²) < 4.78 is 10.6. The molecule has 0 spiro atoms. The highest BCUT2D eigenvalue weighted by Gasteiger charge is 2.25. The maximum absolute atomic E-state index is 11.8. The van der Waals surface area contributed by atoms with E-state index in [2.05, 4.69) is 26.1 Å². The summed E-state index contributed by atoms with van der Waals surface area (Å²) in [5, 5.41) is 4.24. The van der Waals surface area contributed by atoms with Crippen molar-refractivity contribution in [3.63, 3.8) is 0 Å². The molecule has 21 heavy (non-hydrogen) atoms. The Morgan fingerprint density at radius 2 is 1.95 bits per heavy atom. The van der Waals surface area contributed by atoms with Crippen LogP contribution in [-0.4, -0.2) is 25.2 Å². The minimum atomic E-state index is -0.434. The number of nitrogens with two attached hydrogens (primary N) is 1. The Kier molecular flexibility index (Phi) is 6.33. The fourth-order valence-electron chi connectivity index (χ4n) is 2.03. The van der Waals surface area contributed by atoms with Crippen molar-refractivity contribution >= 4 is 28.0 Å². The van der Waals surface area contributed by atoms with Crippen molar-refractivity contribution in [1.29, 1.82) is 0 Å². The second-order valence-corrected chi connectivity index (χ2v) is 6.59. The van der Waals surface area contributed by atoms with Gasteiger partial charge in [-0.15, -0.1) is 11.3 Å². The summed E-state index contributed by atoms with van der Waals surface area (Å²) in [6, 6.07) is 0.294. The van der Waals surface area contributed by atoms with Gasteiger partial charge >= 0.3 is 5.97 Å². The predicted molar refractivity (Wildman–Crippen MR) is 88.4 cm³/mol. The molecule has 0 fully saturated rings. The number of ether oxygens (including phenoxy) is 2.